The number of carbonyl (C=O) groups is 1. The van der Waals surface area contributed by atoms with Crippen LogP contribution in [-0.2, 0) is 4.79 Å². The van der Waals surface area contributed by atoms with Gasteiger partial charge in [0.2, 0.25) is 0 Å². The minimum absolute atomic E-state index is 0.677. The molecule has 0 heterocycles. The Hall–Kier alpha value is -0.570. The number of nitrogens with two attached hydrogens (primary N) is 1. The van der Waals surface area contributed by atoms with E-state index in [1.807, 2.05) is 0 Å². The van der Waals surface area contributed by atoms with Crippen molar-refractivity contribution in [2.75, 3.05) is 0 Å². The van der Waals surface area contributed by atoms with Crippen LogP contribution in [0.3, 0.4) is 0 Å². The fourth-order valence-corrected chi connectivity index (χ4v) is 0.129. The van der Waals surface area contributed by atoms with Gasteiger partial charge in [0.1, 0.15) is 8.84 Å². The van der Waals surface area contributed by atoms with Gasteiger partial charge in [-0.2, -0.15) is 0 Å². The molecule has 0 saturated carbocycles. The summed E-state index contributed by atoms with van der Waals surface area (Å²) in [5, 5.41) is 8.71. The van der Waals surface area contributed by atoms with Crippen molar-refractivity contribution in [2.24, 2.45) is 11.6 Å². The van der Waals surface area contributed by atoms with Crippen LogP contribution in [0.1, 0.15) is 22.0 Å². The summed E-state index contributed by atoms with van der Waals surface area (Å²) >= 11 is 0. The lowest BCUT2D eigenvalue weighted by Gasteiger charge is -2.07. The molecule has 8 heavy (non-hydrogen) atoms. The van der Waals surface area contributed by atoms with Crippen LogP contribution >= 0.6 is 0 Å². The molecular weight excluding hydrogens is 106 g/mol. The molecular formula is C5H11NO2. The van der Waals surface area contributed by atoms with Crippen molar-refractivity contribution in [3.05, 3.63) is 0 Å². The monoisotopic (exact) mass is 125 g/mol. The summed E-state index contributed by atoms with van der Waals surface area (Å²) in [6, 6.07) is -3.36. The Morgan fingerprint density at radius 2 is 3.00 bits per heavy atom. The van der Waals surface area contributed by atoms with E-state index >= 15 is 0 Å². The molecule has 0 aliphatic heterocycles. The first-order valence-corrected chi connectivity index (χ1v) is 1.75. The van der Waals surface area contributed by atoms with Crippen LogP contribution in [-0.4, -0.2) is 17.1 Å². The predicted molar refractivity (Wildman–Crippen MR) is 30.4 cm³/mol. The number of carboxylic acids is 1. The Morgan fingerprint density at radius 3 is 3.12 bits per heavy atom. The van der Waals surface area contributed by atoms with E-state index in [2.05, 4.69) is 0 Å². The summed E-state index contributed by atoms with van der Waals surface area (Å²) in [6.07, 6.45) is 0. The van der Waals surface area contributed by atoms with Gasteiger partial charge in [0.15, 0.2) is 0 Å². The molecule has 48 valence electrons. The van der Waals surface area contributed by atoms with Crippen molar-refractivity contribution in [2.45, 2.75) is 19.8 Å². The number of carboxylic acid groups (broad SMARTS) is 1. The van der Waals surface area contributed by atoms with E-state index in [1.165, 1.54) is 0 Å². The molecule has 3 nitrogen and oxygen atoms in total. The fraction of sp³-hybridized carbons (Fsp3) is 0.800. The van der Waals surface area contributed by atoms with Crippen molar-refractivity contribution < 1.29 is 20.9 Å². The summed E-state index contributed by atoms with van der Waals surface area (Å²) in [6.45, 7) is -4.51. The first-order chi connectivity index (χ1) is 6.95. The lowest BCUT2D eigenvalue weighted by Crippen LogP contribution is -2.34. The molecule has 0 aliphatic rings. The maximum atomic E-state index is 10.8. The first-order valence-electron chi connectivity index (χ1n) is 5.86. The summed E-state index contributed by atoms with van der Waals surface area (Å²) in [5.41, 5.74) is -0.677. The maximum Gasteiger partial charge on any atom is 0.320 e. The summed E-state index contributed by atoms with van der Waals surface area (Å²) in [5.74, 6) is -5.22. The van der Waals surface area contributed by atoms with E-state index in [0.717, 1.165) is 0 Å². The van der Waals surface area contributed by atoms with Gasteiger partial charge in [0.05, 0.1) is 1.37 Å². The van der Waals surface area contributed by atoms with Crippen molar-refractivity contribution >= 4 is 5.97 Å². The molecule has 0 aromatic carbocycles. The van der Waals surface area contributed by atoms with Crippen LogP contribution in [0.2, 0.25) is 2.82 Å². The van der Waals surface area contributed by atoms with E-state index in [0.29, 0.717) is 0 Å². The predicted octanol–water partition coefficient (Wildman–Crippen LogP) is 0.0543. The zero-order chi connectivity index (χ0) is 13.4. The average molecular weight is 125 g/mol. The van der Waals surface area contributed by atoms with E-state index in [-0.39, 0.29) is 0 Å². The molecule has 0 bridgehead atoms. The average Bonchev–Trinajstić information content (AvgIpc) is 2.12. The van der Waals surface area contributed by atoms with Gasteiger partial charge in [-0.25, -0.2) is 0 Å². The number of hydrogen-bond donors (Lipinski definition) is 2. The Balaban J connectivity index is 5.77. The van der Waals surface area contributed by atoms with Crippen molar-refractivity contribution in [1.82, 2.24) is 0 Å². The molecule has 0 rings (SSSR count). The van der Waals surface area contributed by atoms with Crippen molar-refractivity contribution in [3.63, 3.8) is 0 Å². The molecule has 0 aromatic rings. The largest absolute Gasteiger partial charge is 0.480 e. The van der Waals surface area contributed by atoms with E-state index < -0.39 is 37.4 Å². The summed E-state index contributed by atoms with van der Waals surface area (Å²) in [4.78, 5) is 10.8. The van der Waals surface area contributed by atoms with Crippen LogP contribution in [0.15, 0.2) is 0 Å². The topological polar surface area (TPSA) is 63.3 Å². The number of hydrogen-bond acceptors (Lipinski definition) is 2. The van der Waals surface area contributed by atoms with Gasteiger partial charge in [-0.15, -0.1) is 0 Å². The van der Waals surface area contributed by atoms with Gasteiger partial charge < -0.3 is 10.8 Å². The second-order valence-electron chi connectivity index (χ2n) is 1.13. The Bertz CT molecular complexity index is 280. The van der Waals surface area contributed by atoms with Gasteiger partial charge >= 0.3 is 5.97 Å². The highest BCUT2D eigenvalue weighted by Gasteiger charge is 2.14. The number of aliphatic carboxylic acids is 1. The van der Waals surface area contributed by atoms with Gasteiger partial charge in [-0.1, -0.05) is 13.8 Å². The Morgan fingerprint density at radius 1 is 2.25 bits per heavy atom. The van der Waals surface area contributed by atoms with E-state index in [9.17, 15) is 4.79 Å². The highest BCUT2D eigenvalue weighted by molar-refractivity contribution is 5.73. The standard InChI is InChI=1S/C5H11NO2/c1-3(2)4(6)5(7)8/h3-4H,6H2,1-2H3,(H,7,8)/t4-/m1/s1/i1D,2D3,3D,4D/hD2/t3?,4-. The van der Waals surface area contributed by atoms with Crippen LogP contribution in [0.4, 0.5) is 0 Å². The van der Waals surface area contributed by atoms with E-state index in [1.54, 1.807) is 0 Å². The number of rotatable bonds is 3. The SMILES string of the molecule is [2H]CC([2H])(C([2H])([2H])[2H])[C@]([2H])(C(=O)O)N([2H])[2H]. The van der Waals surface area contributed by atoms with Crippen molar-refractivity contribution in [3.8, 4) is 0 Å². The molecule has 0 amide bonds. The fourth-order valence-electron chi connectivity index (χ4n) is 0.129. The Labute approximate surface area is 59.9 Å². The zero-order valence-electron chi connectivity index (χ0n) is 12.0. The van der Waals surface area contributed by atoms with Gasteiger partial charge in [0, 0.05) is 6.85 Å². The lowest BCUT2D eigenvalue weighted by atomic mass is 10.1. The second kappa shape index (κ2) is 2.67. The molecule has 1 unspecified atom stereocenters. The van der Waals surface area contributed by atoms with Gasteiger partial charge in [-0.05, 0) is 5.89 Å². The second-order valence-corrected chi connectivity index (χ2v) is 1.13. The highest BCUT2D eigenvalue weighted by Crippen LogP contribution is 1.96. The van der Waals surface area contributed by atoms with Gasteiger partial charge in [0.25, 0.3) is 0 Å². The van der Waals surface area contributed by atoms with Crippen LogP contribution in [0.5, 0.6) is 0 Å². The van der Waals surface area contributed by atoms with Crippen LogP contribution < -0.4 is 5.72 Å². The van der Waals surface area contributed by atoms with Gasteiger partial charge in [-0.3, -0.25) is 4.79 Å². The molecule has 0 radical (unpaired) electrons. The maximum absolute atomic E-state index is 10.8. The molecule has 0 saturated heterocycles. The first kappa shape index (κ1) is 1.48. The lowest BCUT2D eigenvalue weighted by molar-refractivity contribution is -0.139. The third-order valence-corrected chi connectivity index (χ3v) is 0.488. The minimum atomic E-state index is -3.36. The quantitative estimate of drug-likeness (QED) is 0.560. The molecule has 0 aliphatic carbocycles. The molecule has 0 aromatic heterocycles. The minimum Gasteiger partial charge on any atom is -0.480 e. The molecule has 2 atom stereocenters. The third-order valence-electron chi connectivity index (χ3n) is 0.488. The highest BCUT2D eigenvalue weighted by atomic mass is 16.4. The van der Waals surface area contributed by atoms with Crippen LogP contribution in [0.25, 0.3) is 0 Å². The third kappa shape index (κ3) is 1.93. The summed E-state index contributed by atoms with van der Waals surface area (Å²) in [7, 11) is 0. The summed E-state index contributed by atoms with van der Waals surface area (Å²) < 4.78 is 56.2. The van der Waals surface area contributed by atoms with Crippen molar-refractivity contribution in [1.29, 1.82) is 0 Å². The molecule has 0 spiro atoms. The molecule has 0 fully saturated rings. The zero-order valence-corrected chi connectivity index (χ0v) is 4.01. The smallest absolute Gasteiger partial charge is 0.320 e. The van der Waals surface area contributed by atoms with Crippen LogP contribution in [0, 0.1) is 5.89 Å². The molecule has 3 heteroatoms. The Kier molecular flexibility index (Phi) is 0.492. The normalized spacial score (nSPS) is 41.6. The van der Waals surface area contributed by atoms with E-state index in [4.69, 9.17) is 16.2 Å². The molecule has 3 N–H and O–H groups in total.